The van der Waals surface area contributed by atoms with E-state index in [2.05, 4.69) is 19.2 Å². The standard InChI is InChI=1S/C14H17F4N/c1-7-3-4-9(5-8(7)2)19-14-12(17)10(15)6-11(16)13(14)18/h6-9,19H,3-5H2,1-2H3. The van der Waals surface area contributed by atoms with Crippen LogP contribution in [0.4, 0.5) is 23.2 Å². The molecule has 2 rings (SSSR count). The summed E-state index contributed by atoms with van der Waals surface area (Å²) in [5.41, 5.74) is -0.691. The van der Waals surface area contributed by atoms with Crippen LogP contribution in [0.2, 0.25) is 0 Å². The van der Waals surface area contributed by atoms with Crippen molar-refractivity contribution in [1.29, 1.82) is 0 Å². The second-order valence-corrected chi connectivity index (χ2v) is 5.45. The lowest BCUT2D eigenvalue weighted by atomic mass is 9.79. The van der Waals surface area contributed by atoms with E-state index >= 15 is 0 Å². The fourth-order valence-electron chi connectivity index (χ4n) is 2.58. The highest BCUT2D eigenvalue weighted by molar-refractivity contribution is 5.48. The molecule has 0 spiro atoms. The maximum absolute atomic E-state index is 13.5. The molecule has 106 valence electrons. The van der Waals surface area contributed by atoms with Gasteiger partial charge in [0, 0.05) is 12.1 Å². The van der Waals surface area contributed by atoms with Crippen LogP contribution in [0.15, 0.2) is 6.07 Å². The Labute approximate surface area is 110 Å². The van der Waals surface area contributed by atoms with Crippen molar-refractivity contribution >= 4 is 5.69 Å². The van der Waals surface area contributed by atoms with E-state index in [0.29, 0.717) is 11.8 Å². The predicted molar refractivity (Wildman–Crippen MR) is 65.9 cm³/mol. The van der Waals surface area contributed by atoms with Gasteiger partial charge in [0.05, 0.1) is 0 Å². The zero-order valence-electron chi connectivity index (χ0n) is 10.9. The summed E-state index contributed by atoms with van der Waals surface area (Å²) in [5.74, 6) is -4.50. The lowest BCUT2D eigenvalue weighted by Gasteiger charge is -2.33. The first-order valence-electron chi connectivity index (χ1n) is 6.49. The van der Waals surface area contributed by atoms with Gasteiger partial charge in [-0.25, -0.2) is 17.6 Å². The topological polar surface area (TPSA) is 12.0 Å². The molecule has 0 aromatic heterocycles. The van der Waals surface area contributed by atoms with Crippen molar-refractivity contribution in [2.45, 2.75) is 39.2 Å². The molecule has 1 aliphatic carbocycles. The average molecular weight is 275 g/mol. The van der Waals surface area contributed by atoms with Crippen molar-refractivity contribution in [2.24, 2.45) is 11.8 Å². The highest BCUT2D eigenvalue weighted by Crippen LogP contribution is 2.33. The van der Waals surface area contributed by atoms with Gasteiger partial charge >= 0.3 is 0 Å². The number of hydrogen-bond acceptors (Lipinski definition) is 1. The molecule has 0 bridgehead atoms. The van der Waals surface area contributed by atoms with Crippen molar-refractivity contribution in [2.75, 3.05) is 5.32 Å². The molecule has 0 aliphatic heterocycles. The van der Waals surface area contributed by atoms with E-state index < -0.39 is 29.0 Å². The molecule has 1 aromatic carbocycles. The summed E-state index contributed by atoms with van der Waals surface area (Å²) >= 11 is 0. The van der Waals surface area contributed by atoms with Crippen LogP contribution in [0, 0.1) is 35.1 Å². The number of rotatable bonds is 2. The van der Waals surface area contributed by atoms with E-state index in [0.717, 1.165) is 19.3 Å². The third kappa shape index (κ3) is 2.85. The monoisotopic (exact) mass is 275 g/mol. The van der Waals surface area contributed by atoms with Gasteiger partial charge < -0.3 is 5.32 Å². The van der Waals surface area contributed by atoms with Crippen LogP contribution in [-0.4, -0.2) is 6.04 Å². The van der Waals surface area contributed by atoms with E-state index in [4.69, 9.17) is 0 Å². The number of benzene rings is 1. The maximum Gasteiger partial charge on any atom is 0.185 e. The molecule has 1 fully saturated rings. The average Bonchev–Trinajstić information content (AvgIpc) is 2.36. The second-order valence-electron chi connectivity index (χ2n) is 5.45. The quantitative estimate of drug-likeness (QED) is 0.620. The molecule has 3 atom stereocenters. The van der Waals surface area contributed by atoms with E-state index in [1.807, 2.05) is 0 Å². The summed E-state index contributed by atoms with van der Waals surface area (Å²) in [6.07, 6.45) is 2.40. The predicted octanol–water partition coefficient (Wildman–Crippen LogP) is 4.48. The molecule has 1 nitrogen and oxygen atoms in total. The van der Waals surface area contributed by atoms with Crippen molar-refractivity contribution in [1.82, 2.24) is 0 Å². The van der Waals surface area contributed by atoms with Gasteiger partial charge in [-0.1, -0.05) is 13.8 Å². The van der Waals surface area contributed by atoms with Crippen LogP contribution in [0.1, 0.15) is 33.1 Å². The van der Waals surface area contributed by atoms with Crippen LogP contribution in [-0.2, 0) is 0 Å². The molecule has 19 heavy (non-hydrogen) atoms. The Kier molecular flexibility index (Phi) is 4.02. The first kappa shape index (κ1) is 14.2. The van der Waals surface area contributed by atoms with Gasteiger partial charge in [0.15, 0.2) is 23.3 Å². The van der Waals surface area contributed by atoms with Crippen molar-refractivity contribution in [3.63, 3.8) is 0 Å². The zero-order valence-corrected chi connectivity index (χ0v) is 10.9. The normalized spacial score (nSPS) is 27.4. The molecular weight excluding hydrogens is 258 g/mol. The number of nitrogens with one attached hydrogen (secondary N) is 1. The van der Waals surface area contributed by atoms with Gasteiger partial charge in [-0.2, -0.15) is 0 Å². The minimum absolute atomic E-state index is 0.156. The first-order chi connectivity index (χ1) is 8.90. The van der Waals surface area contributed by atoms with Crippen molar-refractivity contribution in [3.05, 3.63) is 29.3 Å². The minimum Gasteiger partial charge on any atom is -0.377 e. The fourth-order valence-corrected chi connectivity index (χ4v) is 2.58. The number of hydrogen-bond donors (Lipinski definition) is 1. The van der Waals surface area contributed by atoms with Crippen molar-refractivity contribution in [3.8, 4) is 0 Å². The summed E-state index contributed by atoms with van der Waals surface area (Å²) in [4.78, 5) is 0. The Morgan fingerprint density at radius 2 is 1.53 bits per heavy atom. The Balaban J connectivity index is 2.20. The molecule has 0 amide bonds. The molecule has 0 heterocycles. The highest BCUT2D eigenvalue weighted by Gasteiger charge is 2.27. The van der Waals surface area contributed by atoms with E-state index in [9.17, 15) is 17.6 Å². The van der Waals surface area contributed by atoms with Gasteiger partial charge in [0.1, 0.15) is 5.69 Å². The summed E-state index contributed by atoms with van der Waals surface area (Å²) in [6.45, 7) is 4.20. The molecule has 3 unspecified atom stereocenters. The zero-order chi connectivity index (χ0) is 14.2. The van der Waals surface area contributed by atoms with Crippen LogP contribution >= 0.6 is 0 Å². The molecule has 0 radical (unpaired) electrons. The molecule has 5 heteroatoms. The van der Waals surface area contributed by atoms with Crippen LogP contribution in [0.5, 0.6) is 0 Å². The van der Waals surface area contributed by atoms with E-state index in [1.54, 1.807) is 0 Å². The van der Waals surface area contributed by atoms with E-state index in [1.165, 1.54) is 0 Å². The van der Waals surface area contributed by atoms with Gasteiger partial charge in [0.2, 0.25) is 0 Å². The summed E-state index contributed by atoms with van der Waals surface area (Å²) in [7, 11) is 0. The van der Waals surface area contributed by atoms with Gasteiger partial charge in [-0.15, -0.1) is 0 Å². The third-order valence-corrected chi connectivity index (χ3v) is 4.06. The Morgan fingerprint density at radius 1 is 0.947 bits per heavy atom. The summed E-state index contributed by atoms with van der Waals surface area (Å²) in [5, 5.41) is 2.62. The Morgan fingerprint density at radius 3 is 2.05 bits per heavy atom. The minimum atomic E-state index is -1.38. The molecule has 0 saturated heterocycles. The Hall–Kier alpha value is -1.26. The number of anilines is 1. The molecule has 1 N–H and O–H groups in total. The van der Waals surface area contributed by atoms with Gasteiger partial charge in [0.25, 0.3) is 0 Å². The lowest BCUT2D eigenvalue weighted by Crippen LogP contribution is -2.31. The molecular formula is C14H17F4N. The largest absolute Gasteiger partial charge is 0.377 e. The van der Waals surface area contributed by atoms with E-state index in [-0.39, 0.29) is 12.1 Å². The van der Waals surface area contributed by atoms with Gasteiger partial charge in [-0.05, 0) is 31.1 Å². The maximum atomic E-state index is 13.5. The molecule has 1 saturated carbocycles. The lowest BCUT2D eigenvalue weighted by molar-refractivity contribution is 0.260. The van der Waals surface area contributed by atoms with Crippen molar-refractivity contribution < 1.29 is 17.6 Å². The van der Waals surface area contributed by atoms with Crippen LogP contribution < -0.4 is 5.32 Å². The summed E-state index contributed by atoms with van der Waals surface area (Å²) in [6, 6.07) is 0.0675. The van der Waals surface area contributed by atoms with Gasteiger partial charge in [-0.3, -0.25) is 0 Å². The van der Waals surface area contributed by atoms with Crippen LogP contribution in [0.25, 0.3) is 0 Å². The number of halogens is 4. The SMILES string of the molecule is CC1CCC(Nc2c(F)c(F)cc(F)c2F)CC1C. The highest BCUT2D eigenvalue weighted by atomic mass is 19.2. The third-order valence-electron chi connectivity index (χ3n) is 4.06. The first-order valence-corrected chi connectivity index (χ1v) is 6.49. The summed E-state index contributed by atoms with van der Waals surface area (Å²) < 4.78 is 53.2. The molecule has 1 aromatic rings. The molecule has 1 aliphatic rings. The smallest absolute Gasteiger partial charge is 0.185 e. The Bertz CT molecular complexity index is 449. The van der Waals surface area contributed by atoms with Crippen LogP contribution in [0.3, 0.4) is 0 Å². The fraction of sp³-hybridized carbons (Fsp3) is 0.571. The second kappa shape index (κ2) is 5.39.